The lowest BCUT2D eigenvalue weighted by atomic mass is 10.1. The second-order valence-electron chi connectivity index (χ2n) is 4.20. The number of nitrogens with zero attached hydrogens (tertiary/aromatic N) is 3. The highest BCUT2D eigenvalue weighted by Crippen LogP contribution is 2.18. The molecule has 2 rings (SSSR count). The van der Waals surface area contributed by atoms with Gasteiger partial charge in [0.15, 0.2) is 5.82 Å². The van der Waals surface area contributed by atoms with E-state index < -0.39 is 0 Å². The van der Waals surface area contributed by atoms with Crippen molar-refractivity contribution in [1.29, 1.82) is 0 Å². The van der Waals surface area contributed by atoms with Gasteiger partial charge in [0, 0.05) is 12.1 Å². The van der Waals surface area contributed by atoms with Gasteiger partial charge in [-0.05, 0) is 37.1 Å². The lowest BCUT2D eigenvalue weighted by Crippen LogP contribution is -2.04. The Kier molecular flexibility index (Phi) is 3.48. The van der Waals surface area contributed by atoms with Crippen LogP contribution in [-0.4, -0.2) is 14.8 Å². The van der Waals surface area contributed by atoms with E-state index in [1.165, 1.54) is 11.1 Å². The second-order valence-corrected chi connectivity index (χ2v) is 4.47. The fourth-order valence-electron chi connectivity index (χ4n) is 2.05. The third-order valence-corrected chi connectivity index (χ3v) is 2.94. The molecule has 1 aromatic heterocycles. The van der Waals surface area contributed by atoms with Gasteiger partial charge < -0.3 is 0 Å². The van der Waals surface area contributed by atoms with Gasteiger partial charge in [0.25, 0.3) is 0 Å². The van der Waals surface area contributed by atoms with Crippen LogP contribution in [0.4, 0.5) is 0 Å². The van der Waals surface area contributed by atoms with E-state index in [1.807, 2.05) is 4.57 Å². The highest BCUT2D eigenvalue weighted by Gasteiger charge is 2.11. The topological polar surface area (TPSA) is 30.7 Å². The molecule has 0 saturated carbocycles. The largest absolute Gasteiger partial charge is 0.282 e. The molecule has 90 valence electrons. The van der Waals surface area contributed by atoms with Crippen LogP contribution < -0.4 is 0 Å². The van der Waals surface area contributed by atoms with Gasteiger partial charge in [0.1, 0.15) is 5.82 Å². The average molecular weight is 250 g/mol. The minimum Gasteiger partial charge on any atom is -0.282 e. The standard InChI is InChI=1S/C13H16ClN3/c1-4-12-15-16-13(8-14)17(12)11-6-9(2)5-10(3)7-11/h5-7H,4,8H2,1-3H3. The van der Waals surface area contributed by atoms with Gasteiger partial charge in [0.2, 0.25) is 0 Å². The highest BCUT2D eigenvalue weighted by atomic mass is 35.5. The highest BCUT2D eigenvalue weighted by molar-refractivity contribution is 6.16. The zero-order chi connectivity index (χ0) is 12.4. The fourth-order valence-corrected chi connectivity index (χ4v) is 2.22. The summed E-state index contributed by atoms with van der Waals surface area (Å²) in [5.41, 5.74) is 3.56. The van der Waals surface area contributed by atoms with Crippen LogP contribution in [0.25, 0.3) is 5.69 Å². The number of rotatable bonds is 3. The molecule has 0 bridgehead atoms. The second kappa shape index (κ2) is 4.88. The van der Waals surface area contributed by atoms with Crippen molar-refractivity contribution in [3.8, 4) is 5.69 Å². The number of benzene rings is 1. The average Bonchev–Trinajstić information content (AvgIpc) is 2.70. The van der Waals surface area contributed by atoms with E-state index in [4.69, 9.17) is 11.6 Å². The summed E-state index contributed by atoms with van der Waals surface area (Å²) in [6, 6.07) is 6.41. The van der Waals surface area contributed by atoms with Crippen LogP contribution in [0.15, 0.2) is 18.2 Å². The zero-order valence-electron chi connectivity index (χ0n) is 10.4. The Balaban J connectivity index is 2.61. The van der Waals surface area contributed by atoms with Crippen molar-refractivity contribution in [3.05, 3.63) is 41.0 Å². The summed E-state index contributed by atoms with van der Waals surface area (Å²) >= 11 is 5.91. The first-order valence-corrected chi connectivity index (χ1v) is 6.27. The van der Waals surface area contributed by atoms with Crippen LogP contribution in [0.5, 0.6) is 0 Å². The third-order valence-electron chi connectivity index (χ3n) is 2.70. The smallest absolute Gasteiger partial charge is 0.152 e. The van der Waals surface area contributed by atoms with E-state index >= 15 is 0 Å². The zero-order valence-corrected chi connectivity index (χ0v) is 11.1. The van der Waals surface area contributed by atoms with E-state index in [-0.39, 0.29) is 0 Å². The molecule has 0 aliphatic rings. The SMILES string of the molecule is CCc1nnc(CCl)n1-c1cc(C)cc(C)c1. The molecule has 0 saturated heterocycles. The van der Waals surface area contributed by atoms with Crippen molar-refractivity contribution in [2.45, 2.75) is 33.1 Å². The predicted octanol–water partition coefficient (Wildman–Crippen LogP) is 3.19. The van der Waals surface area contributed by atoms with Crippen LogP contribution in [-0.2, 0) is 12.3 Å². The van der Waals surface area contributed by atoms with Gasteiger partial charge in [-0.15, -0.1) is 21.8 Å². The maximum absolute atomic E-state index is 5.91. The first kappa shape index (κ1) is 12.1. The molecule has 4 heteroatoms. The summed E-state index contributed by atoms with van der Waals surface area (Å²) < 4.78 is 2.05. The van der Waals surface area contributed by atoms with Crippen molar-refractivity contribution in [3.63, 3.8) is 0 Å². The Morgan fingerprint density at radius 1 is 1.06 bits per heavy atom. The van der Waals surface area contributed by atoms with E-state index in [0.29, 0.717) is 5.88 Å². The number of hydrogen-bond acceptors (Lipinski definition) is 2. The van der Waals surface area contributed by atoms with Crippen LogP contribution in [0.2, 0.25) is 0 Å². The molecule has 2 aromatic rings. The number of aromatic nitrogens is 3. The lowest BCUT2D eigenvalue weighted by Gasteiger charge is -2.10. The van der Waals surface area contributed by atoms with Gasteiger partial charge in [0.05, 0.1) is 5.88 Å². The maximum atomic E-state index is 5.91. The molecule has 0 aliphatic heterocycles. The minimum absolute atomic E-state index is 0.375. The van der Waals surface area contributed by atoms with Crippen LogP contribution in [0.1, 0.15) is 29.7 Å². The van der Waals surface area contributed by atoms with Crippen molar-refractivity contribution >= 4 is 11.6 Å². The molecule has 0 fully saturated rings. The van der Waals surface area contributed by atoms with Crippen LogP contribution in [0, 0.1) is 13.8 Å². The normalized spacial score (nSPS) is 10.8. The molecule has 0 radical (unpaired) electrons. The molecule has 1 aromatic carbocycles. The molecular formula is C13H16ClN3. The summed E-state index contributed by atoms with van der Waals surface area (Å²) in [5.74, 6) is 2.12. The molecule has 17 heavy (non-hydrogen) atoms. The third kappa shape index (κ3) is 2.34. The fraction of sp³-hybridized carbons (Fsp3) is 0.385. The van der Waals surface area contributed by atoms with Crippen molar-refractivity contribution < 1.29 is 0 Å². The molecule has 0 amide bonds. The summed E-state index contributed by atoms with van der Waals surface area (Å²) in [7, 11) is 0. The summed E-state index contributed by atoms with van der Waals surface area (Å²) in [5, 5.41) is 8.29. The maximum Gasteiger partial charge on any atom is 0.152 e. The minimum atomic E-state index is 0.375. The number of hydrogen-bond donors (Lipinski definition) is 0. The van der Waals surface area contributed by atoms with E-state index in [0.717, 1.165) is 23.8 Å². The van der Waals surface area contributed by atoms with E-state index in [1.54, 1.807) is 0 Å². The Hall–Kier alpha value is -1.35. The number of halogens is 1. The lowest BCUT2D eigenvalue weighted by molar-refractivity contribution is 0.866. The number of aryl methyl sites for hydroxylation is 3. The van der Waals surface area contributed by atoms with E-state index in [9.17, 15) is 0 Å². The molecule has 0 spiro atoms. The van der Waals surface area contributed by atoms with Crippen LogP contribution >= 0.6 is 11.6 Å². The van der Waals surface area contributed by atoms with Gasteiger partial charge >= 0.3 is 0 Å². The van der Waals surface area contributed by atoms with Crippen molar-refractivity contribution in [1.82, 2.24) is 14.8 Å². The monoisotopic (exact) mass is 249 g/mol. The van der Waals surface area contributed by atoms with E-state index in [2.05, 4.69) is 49.2 Å². The Morgan fingerprint density at radius 2 is 1.65 bits per heavy atom. The van der Waals surface area contributed by atoms with Gasteiger partial charge in [-0.1, -0.05) is 13.0 Å². The predicted molar refractivity (Wildman–Crippen MR) is 69.8 cm³/mol. The molecule has 3 nitrogen and oxygen atoms in total. The summed E-state index contributed by atoms with van der Waals surface area (Å²) in [4.78, 5) is 0. The molecule has 0 aliphatic carbocycles. The van der Waals surface area contributed by atoms with Crippen molar-refractivity contribution in [2.24, 2.45) is 0 Å². The van der Waals surface area contributed by atoms with Gasteiger partial charge in [-0.2, -0.15) is 0 Å². The number of alkyl halides is 1. The summed E-state index contributed by atoms with van der Waals surface area (Å²) in [6.07, 6.45) is 0.844. The molecule has 0 unspecified atom stereocenters. The quantitative estimate of drug-likeness (QED) is 0.783. The first-order valence-electron chi connectivity index (χ1n) is 5.73. The summed E-state index contributed by atoms with van der Waals surface area (Å²) in [6.45, 7) is 6.25. The molecule has 1 heterocycles. The van der Waals surface area contributed by atoms with Crippen molar-refractivity contribution in [2.75, 3.05) is 0 Å². The molecule has 0 atom stereocenters. The molecule has 0 N–H and O–H groups in total. The Morgan fingerprint density at radius 3 is 2.18 bits per heavy atom. The first-order chi connectivity index (χ1) is 8.15. The Labute approximate surface area is 106 Å². The molecular weight excluding hydrogens is 234 g/mol. The van der Waals surface area contributed by atoms with Gasteiger partial charge in [-0.25, -0.2) is 0 Å². The van der Waals surface area contributed by atoms with Crippen LogP contribution in [0.3, 0.4) is 0 Å². The van der Waals surface area contributed by atoms with Gasteiger partial charge in [-0.3, -0.25) is 4.57 Å². The Bertz CT molecular complexity index is 490.